The molecule has 1 aromatic heterocycles. The molecule has 2 aromatic rings. The average Bonchev–Trinajstić information content (AvgIpc) is 2.45. The lowest BCUT2D eigenvalue weighted by atomic mass is 9.96. The van der Waals surface area contributed by atoms with Gasteiger partial charge < -0.3 is 10.4 Å². The van der Waals surface area contributed by atoms with Crippen LogP contribution in [0, 0.1) is 6.92 Å². The van der Waals surface area contributed by atoms with E-state index in [1.54, 1.807) is 6.92 Å². The van der Waals surface area contributed by atoms with Crippen LogP contribution in [0.5, 0.6) is 0 Å². The molecule has 2 rings (SSSR count). The van der Waals surface area contributed by atoms with Gasteiger partial charge in [0.15, 0.2) is 0 Å². The minimum Gasteiger partial charge on any atom is -0.384 e. The number of aromatic nitrogens is 2. The van der Waals surface area contributed by atoms with E-state index in [0.29, 0.717) is 6.54 Å². The molecule has 20 heavy (non-hydrogen) atoms. The SMILES string of the molecule is CCc1cc(NCC(C)(O)c2ccccc2)nc(C)n1. The monoisotopic (exact) mass is 271 g/mol. The van der Waals surface area contributed by atoms with Gasteiger partial charge in [-0.25, -0.2) is 9.97 Å². The highest BCUT2D eigenvalue weighted by atomic mass is 16.3. The molecule has 0 saturated heterocycles. The third-order valence-electron chi connectivity index (χ3n) is 3.26. The summed E-state index contributed by atoms with van der Waals surface area (Å²) < 4.78 is 0. The number of hydrogen-bond acceptors (Lipinski definition) is 4. The summed E-state index contributed by atoms with van der Waals surface area (Å²) in [6, 6.07) is 11.6. The molecule has 0 bridgehead atoms. The number of anilines is 1. The summed E-state index contributed by atoms with van der Waals surface area (Å²) >= 11 is 0. The van der Waals surface area contributed by atoms with Crippen molar-refractivity contribution in [1.82, 2.24) is 9.97 Å². The van der Waals surface area contributed by atoms with Crippen LogP contribution in [0.3, 0.4) is 0 Å². The van der Waals surface area contributed by atoms with Crippen LogP contribution in [-0.4, -0.2) is 21.6 Å². The van der Waals surface area contributed by atoms with Gasteiger partial charge in [0, 0.05) is 18.3 Å². The van der Waals surface area contributed by atoms with E-state index >= 15 is 0 Å². The van der Waals surface area contributed by atoms with E-state index < -0.39 is 5.60 Å². The third-order valence-corrected chi connectivity index (χ3v) is 3.26. The van der Waals surface area contributed by atoms with Crippen molar-refractivity contribution in [3.63, 3.8) is 0 Å². The standard InChI is InChI=1S/C16H21N3O/c1-4-14-10-15(19-12(2)18-14)17-11-16(3,20)13-8-6-5-7-9-13/h5-10,20H,4,11H2,1-3H3,(H,17,18,19). The zero-order valence-corrected chi connectivity index (χ0v) is 12.2. The van der Waals surface area contributed by atoms with Crippen LogP contribution in [0.25, 0.3) is 0 Å². The number of benzene rings is 1. The first-order valence-electron chi connectivity index (χ1n) is 6.87. The van der Waals surface area contributed by atoms with Gasteiger partial charge in [-0.3, -0.25) is 0 Å². The van der Waals surface area contributed by atoms with Crippen LogP contribution in [0.15, 0.2) is 36.4 Å². The molecule has 4 heteroatoms. The van der Waals surface area contributed by atoms with Crippen molar-refractivity contribution in [2.24, 2.45) is 0 Å². The molecule has 0 aliphatic carbocycles. The Morgan fingerprint density at radius 3 is 2.55 bits per heavy atom. The summed E-state index contributed by atoms with van der Waals surface area (Å²) in [6.07, 6.45) is 0.868. The van der Waals surface area contributed by atoms with Gasteiger partial charge in [0.1, 0.15) is 17.2 Å². The molecule has 2 N–H and O–H groups in total. The quantitative estimate of drug-likeness (QED) is 0.878. The summed E-state index contributed by atoms with van der Waals surface area (Å²) in [5, 5.41) is 13.7. The smallest absolute Gasteiger partial charge is 0.130 e. The van der Waals surface area contributed by atoms with E-state index in [1.807, 2.05) is 43.3 Å². The molecule has 0 saturated carbocycles. The molecule has 0 spiro atoms. The zero-order chi connectivity index (χ0) is 14.6. The van der Waals surface area contributed by atoms with Crippen molar-refractivity contribution in [3.8, 4) is 0 Å². The molecule has 1 atom stereocenters. The van der Waals surface area contributed by atoms with Crippen LogP contribution in [0.4, 0.5) is 5.82 Å². The molecule has 0 aliphatic heterocycles. The highest BCUT2D eigenvalue weighted by Gasteiger charge is 2.22. The fourth-order valence-electron chi connectivity index (χ4n) is 2.06. The molecular formula is C16H21N3O. The van der Waals surface area contributed by atoms with E-state index in [1.165, 1.54) is 0 Å². The van der Waals surface area contributed by atoms with E-state index in [4.69, 9.17) is 0 Å². The van der Waals surface area contributed by atoms with E-state index in [2.05, 4.69) is 22.2 Å². The van der Waals surface area contributed by atoms with Gasteiger partial charge in [-0.15, -0.1) is 0 Å². The summed E-state index contributed by atoms with van der Waals surface area (Å²) in [4.78, 5) is 8.69. The minimum atomic E-state index is -0.938. The second-order valence-corrected chi connectivity index (χ2v) is 5.14. The Labute approximate surface area is 119 Å². The molecule has 1 unspecified atom stereocenters. The fourth-order valence-corrected chi connectivity index (χ4v) is 2.06. The lowest BCUT2D eigenvalue weighted by molar-refractivity contribution is 0.0714. The van der Waals surface area contributed by atoms with Crippen molar-refractivity contribution in [2.75, 3.05) is 11.9 Å². The molecule has 0 radical (unpaired) electrons. The van der Waals surface area contributed by atoms with Crippen LogP contribution in [-0.2, 0) is 12.0 Å². The van der Waals surface area contributed by atoms with E-state index in [0.717, 1.165) is 29.3 Å². The topological polar surface area (TPSA) is 58.0 Å². The normalized spacial score (nSPS) is 13.8. The first-order chi connectivity index (χ1) is 9.51. The van der Waals surface area contributed by atoms with Gasteiger partial charge in [-0.1, -0.05) is 37.3 Å². The third kappa shape index (κ3) is 3.54. The Morgan fingerprint density at radius 2 is 1.90 bits per heavy atom. The maximum atomic E-state index is 10.5. The summed E-state index contributed by atoms with van der Waals surface area (Å²) in [5.74, 6) is 1.50. The Bertz CT molecular complexity index is 567. The average molecular weight is 271 g/mol. The van der Waals surface area contributed by atoms with Gasteiger partial charge in [0.2, 0.25) is 0 Å². The summed E-state index contributed by atoms with van der Waals surface area (Å²) in [5.41, 5.74) is 0.945. The summed E-state index contributed by atoms with van der Waals surface area (Å²) in [7, 11) is 0. The molecular weight excluding hydrogens is 250 g/mol. The predicted molar refractivity (Wildman–Crippen MR) is 80.6 cm³/mol. The van der Waals surface area contributed by atoms with Crippen LogP contribution < -0.4 is 5.32 Å². The molecule has 1 heterocycles. The Morgan fingerprint density at radius 1 is 1.20 bits per heavy atom. The highest BCUT2D eigenvalue weighted by Crippen LogP contribution is 2.20. The summed E-state index contributed by atoms with van der Waals surface area (Å²) in [6.45, 7) is 6.13. The number of nitrogens with zero attached hydrogens (tertiary/aromatic N) is 2. The van der Waals surface area contributed by atoms with E-state index in [9.17, 15) is 5.11 Å². The van der Waals surface area contributed by atoms with Crippen molar-refractivity contribution in [2.45, 2.75) is 32.8 Å². The number of aliphatic hydroxyl groups is 1. The van der Waals surface area contributed by atoms with Gasteiger partial charge in [-0.05, 0) is 25.8 Å². The lowest BCUT2D eigenvalue weighted by Gasteiger charge is -2.24. The lowest BCUT2D eigenvalue weighted by Crippen LogP contribution is -2.31. The van der Waals surface area contributed by atoms with Crippen LogP contribution in [0.2, 0.25) is 0 Å². The second-order valence-electron chi connectivity index (χ2n) is 5.14. The second kappa shape index (κ2) is 6.01. The van der Waals surface area contributed by atoms with Crippen molar-refractivity contribution >= 4 is 5.82 Å². The van der Waals surface area contributed by atoms with Gasteiger partial charge in [0.05, 0.1) is 0 Å². The van der Waals surface area contributed by atoms with Crippen molar-refractivity contribution in [3.05, 3.63) is 53.5 Å². The number of hydrogen-bond donors (Lipinski definition) is 2. The molecule has 0 fully saturated rings. The van der Waals surface area contributed by atoms with Crippen molar-refractivity contribution in [1.29, 1.82) is 0 Å². The first-order valence-corrected chi connectivity index (χ1v) is 6.87. The van der Waals surface area contributed by atoms with Crippen LogP contribution in [0.1, 0.15) is 30.9 Å². The maximum absolute atomic E-state index is 10.5. The van der Waals surface area contributed by atoms with Crippen LogP contribution >= 0.6 is 0 Å². The molecule has 0 amide bonds. The predicted octanol–water partition coefficient (Wildman–Crippen LogP) is 2.67. The van der Waals surface area contributed by atoms with Gasteiger partial charge >= 0.3 is 0 Å². The first kappa shape index (κ1) is 14.5. The molecule has 0 aliphatic rings. The zero-order valence-electron chi connectivity index (χ0n) is 12.2. The largest absolute Gasteiger partial charge is 0.384 e. The number of nitrogens with one attached hydrogen (secondary N) is 1. The minimum absolute atomic E-state index is 0.399. The number of rotatable bonds is 5. The van der Waals surface area contributed by atoms with Crippen molar-refractivity contribution < 1.29 is 5.11 Å². The van der Waals surface area contributed by atoms with E-state index in [-0.39, 0.29) is 0 Å². The van der Waals surface area contributed by atoms with Gasteiger partial charge in [0.25, 0.3) is 0 Å². The highest BCUT2D eigenvalue weighted by molar-refractivity contribution is 5.37. The Balaban J connectivity index is 2.10. The maximum Gasteiger partial charge on any atom is 0.130 e. The Hall–Kier alpha value is -1.94. The Kier molecular flexibility index (Phi) is 4.35. The van der Waals surface area contributed by atoms with Gasteiger partial charge in [-0.2, -0.15) is 0 Å². The molecule has 4 nitrogen and oxygen atoms in total. The number of aryl methyl sites for hydroxylation is 2. The fraction of sp³-hybridized carbons (Fsp3) is 0.375. The molecule has 1 aromatic carbocycles. The molecule has 106 valence electrons.